The van der Waals surface area contributed by atoms with E-state index in [4.69, 9.17) is 0 Å². The molecule has 3 heterocycles. The van der Waals surface area contributed by atoms with Crippen LogP contribution in [0.5, 0.6) is 0 Å². The maximum absolute atomic E-state index is 14.1. The van der Waals surface area contributed by atoms with Crippen LogP contribution in [-0.2, 0) is 20.2 Å². The van der Waals surface area contributed by atoms with Gasteiger partial charge in [-0.05, 0) is 79.6 Å². The van der Waals surface area contributed by atoms with Gasteiger partial charge in [0, 0.05) is 31.1 Å². The van der Waals surface area contributed by atoms with Crippen LogP contribution in [0.15, 0.2) is 59.1 Å². The Morgan fingerprint density at radius 1 is 1.11 bits per heavy atom. The number of anilines is 2. The van der Waals surface area contributed by atoms with E-state index >= 15 is 0 Å². The Balaban J connectivity index is 1.47. The Hall–Kier alpha value is -3.31. The largest absolute Gasteiger partial charge is 0.343 e. The fourth-order valence-electron chi connectivity index (χ4n) is 6.10. The van der Waals surface area contributed by atoms with Gasteiger partial charge >= 0.3 is 0 Å². The summed E-state index contributed by atoms with van der Waals surface area (Å²) >= 11 is 1.24. The maximum Gasteiger partial charge on any atom is 0.267 e. The third-order valence-electron chi connectivity index (χ3n) is 8.04. The fraction of sp³-hybridized carbons (Fsp3) is 0.370. The summed E-state index contributed by atoms with van der Waals surface area (Å²) < 4.78 is 43.5. The highest BCUT2D eigenvalue weighted by Crippen LogP contribution is 2.59. The summed E-state index contributed by atoms with van der Waals surface area (Å²) in [5.41, 5.74) is 3.10. The van der Waals surface area contributed by atoms with E-state index in [1.807, 2.05) is 6.07 Å². The van der Waals surface area contributed by atoms with Gasteiger partial charge in [0.25, 0.3) is 15.9 Å². The average molecular weight is 555 g/mol. The van der Waals surface area contributed by atoms with Gasteiger partial charge in [0.2, 0.25) is 5.91 Å². The van der Waals surface area contributed by atoms with Crippen LogP contribution in [0.2, 0.25) is 0 Å². The number of fused-ring (bicyclic) bond motifs is 2. The number of nitrogens with zero attached hydrogens (tertiary/aromatic N) is 3. The van der Waals surface area contributed by atoms with Crippen molar-refractivity contribution in [1.29, 1.82) is 0 Å². The average Bonchev–Trinajstić information content (AvgIpc) is 3.49. The lowest BCUT2D eigenvalue weighted by molar-refractivity contribution is -0.130. The molecule has 1 atom stereocenters. The van der Waals surface area contributed by atoms with Gasteiger partial charge in [-0.3, -0.25) is 18.9 Å². The Labute approximate surface area is 224 Å². The first-order chi connectivity index (χ1) is 18.2. The molecule has 1 N–H and O–H groups in total. The van der Waals surface area contributed by atoms with Crippen molar-refractivity contribution in [2.45, 2.75) is 49.0 Å². The second kappa shape index (κ2) is 9.16. The van der Waals surface area contributed by atoms with Gasteiger partial charge in [0.05, 0.1) is 28.3 Å². The third-order valence-corrected chi connectivity index (χ3v) is 10.6. The number of likely N-dealkylation sites (tertiary alicyclic amines) is 1. The Morgan fingerprint density at radius 3 is 2.42 bits per heavy atom. The number of carbonyl (C=O) groups excluding carboxylic acids is 2. The van der Waals surface area contributed by atoms with Crippen molar-refractivity contribution in [3.63, 3.8) is 0 Å². The predicted octanol–water partition coefficient (Wildman–Crippen LogP) is 4.40. The van der Waals surface area contributed by atoms with E-state index in [0.29, 0.717) is 42.2 Å². The van der Waals surface area contributed by atoms with E-state index in [0.717, 1.165) is 30.5 Å². The van der Waals surface area contributed by atoms with E-state index in [2.05, 4.69) is 10.3 Å². The van der Waals surface area contributed by atoms with Crippen LogP contribution in [-0.4, -0.2) is 49.2 Å². The SMILES string of the molecule is CC(=O)N1CCC2(CC1)c1cc(NC(=O)c3cncs3)ccc1N(S(=O)(=O)c1ccc(F)cc1)C2C1CC1. The fourth-order valence-corrected chi connectivity index (χ4v) is 8.41. The molecule has 11 heteroatoms. The van der Waals surface area contributed by atoms with E-state index < -0.39 is 21.3 Å². The zero-order valence-electron chi connectivity index (χ0n) is 20.8. The standard InChI is InChI=1S/C27H27FN4O4S2/c1-17(33)31-12-10-27(11-13-31)22-14-20(30-26(34)24-15-29-16-37-24)6-9-23(22)32(25(27)18-2-3-18)38(35,36)21-7-4-19(28)5-8-21/h4-9,14-16,18,25H,2-3,10-13H2,1H3,(H,30,34). The number of hydrogen-bond donors (Lipinski definition) is 1. The normalized spacial score (nSPS) is 20.4. The van der Waals surface area contributed by atoms with Gasteiger partial charge in [-0.25, -0.2) is 12.8 Å². The molecule has 2 fully saturated rings. The van der Waals surface area contributed by atoms with Crippen molar-refractivity contribution < 1.29 is 22.4 Å². The topological polar surface area (TPSA) is 99.7 Å². The van der Waals surface area contributed by atoms with Crippen LogP contribution in [0.3, 0.4) is 0 Å². The molecule has 38 heavy (non-hydrogen) atoms. The lowest BCUT2D eigenvalue weighted by atomic mass is 9.68. The first-order valence-corrected chi connectivity index (χ1v) is 14.9. The molecular formula is C27H27FN4O4S2. The van der Waals surface area contributed by atoms with Crippen LogP contribution in [0, 0.1) is 11.7 Å². The van der Waals surface area contributed by atoms with E-state index in [1.165, 1.54) is 29.7 Å². The van der Waals surface area contributed by atoms with Crippen molar-refractivity contribution in [2.75, 3.05) is 22.7 Å². The minimum atomic E-state index is -4.01. The smallest absolute Gasteiger partial charge is 0.267 e. The van der Waals surface area contributed by atoms with Crippen molar-refractivity contribution in [3.8, 4) is 0 Å². The van der Waals surface area contributed by atoms with Crippen molar-refractivity contribution >= 4 is 44.5 Å². The third kappa shape index (κ3) is 4.08. The molecule has 8 nitrogen and oxygen atoms in total. The van der Waals surface area contributed by atoms with Gasteiger partial charge in [0.15, 0.2) is 0 Å². The molecule has 2 aliphatic heterocycles. The highest BCUT2D eigenvalue weighted by molar-refractivity contribution is 7.92. The molecule has 0 bridgehead atoms. The first kappa shape index (κ1) is 25.0. The van der Waals surface area contributed by atoms with Gasteiger partial charge in [-0.1, -0.05) is 0 Å². The van der Waals surface area contributed by atoms with E-state index in [1.54, 1.807) is 33.8 Å². The Bertz CT molecular complexity index is 1500. The minimum Gasteiger partial charge on any atom is -0.343 e. The summed E-state index contributed by atoms with van der Waals surface area (Å²) in [5, 5.41) is 2.93. The van der Waals surface area contributed by atoms with Gasteiger partial charge in [-0.15, -0.1) is 11.3 Å². The van der Waals surface area contributed by atoms with Crippen molar-refractivity contribution in [2.24, 2.45) is 5.92 Å². The molecule has 3 aliphatic rings. The predicted molar refractivity (Wildman–Crippen MR) is 142 cm³/mol. The summed E-state index contributed by atoms with van der Waals surface area (Å²) in [7, 11) is -4.01. The number of benzene rings is 2. The number of carbonyl (C=O) groups is 2. The summed E-state index contributed by atoms with van der Waals surface area (Å²) in [6.07, 6.45) is 4.57. The zero-order chi connectivity index (χ0) is 26.7. The molecule has 1 saturated carbocycles. The van der Waals surface area contributed by atoms with Crippen molar-refractivity contribution in [1.82, 2.24) is 9.88 Å². The number of aromatic nitrogens is 1. The number of halogens is 1. The molecule has 1 saturated heterocycles. The number of hydrogen-bond acceptors (Lipinski definition) is 6. The molecule has 1 aromatic heterocycles. The second-order valence-electron chi connectivity index (χ2n) is 10.3. The van der Waals surface area contributed by atoms with Gasteiger partial charge in [0.1, 0.15) is 10.7 Å². The summed E-state index contributed by atoms with van der Waals surface area (Å²) in [5.74, 6) is -0.599. The second-order valence-corrected chi connectivity index (χ2v) is 13.0. The number of amides is 2. The highest BCUT2D eigenvalue weighted by atomic mass is 32.2. The summed E-state index contributed by atoms with van der Waals surface area (Å²) in [6.45, 7) is 2.61. The molecule has 1 unspecified atom stereocenters. The molecule has 1 aliphatic carbocycles. The van der Waals surface area contributed by atoms with Gasteiger partial charge < -0.3 is 10.2 Å². The number of rotatable bonds is 5. The molecule has 2 amide bonds. The molecule has 1 spiro atoms. The molecular weight excluding hydrogens is 527 g/mol. The summed E-state index contributed by atoms with van der Waals surface area (Å²) in [6, 6.07) is 9.99. The Kier molecular flexibility index (Phi) is 6.03. The molecule has 6 rings (SSSR count). The molecule has 0 radical (unpaired) electrons. The Morgan fingerprint density at radius 2 is 1.82 bits per heavy atom. The quantitative estimate of drug-likeness (QED) is 0.504. The van der Waals surface area contributed by atoms with Crippen LogP contribution in [0.4, 0.5) is 15.8 Å². The number of thiazole rings is 1. The maximum atomic E-state index is 14.1. The minimum absolute atomic E-state index is 0.00223. The van der Waals surface area contributed by atoms with Crippen LogP contribution >= 0.6 is 11.3 Å². The van der Waals surface area contributed by atoms with E-state index in [-0.39, 0.29) is 28.7 Å². The monoisotopic (exact) mass is 554 g/mol. The van der Waals surface area contributed by atoms with Crippen LogP contribution in [0.1, 0.15) is 47.8 Å². The van der Waals surface area contributed by atoms with Crippen LogP contribution < -0.4 is 9.62 Å². The van der Waals surface area contributed by atoms with Crippen molar-refractivity contribution in [3.05, 3.63) is 70.4 Å². The molecule has 3 aromatic rings. The zero-order valence-corrected chi connectivity index (χ0v) is 22.4. The lowest BCUT2D eigenvalue weighted by Gasteiger charge is -2.45. The first-order valence-electron chi connectivity index (χ1n) is 12.6. The van der Waals surface area contributed by atoms with Gasteiger partial charge in [-0.2, -0.15) is 0 Å². The number of piperidine rings is 1. The lowest BCUT2D eigenvalue weighted by Crippen LogP contribution is -2.54. The molecule has 198 valence electrons. The number of nitrogens with one attached hydrogen (secondary N) is 1. The van der Waals surface area contributed by atoms with Crippen LogP contribution in [0.25, 0.3) is 0 Å². The highest BCUT2D eigenvalue weighted by Gasteiger charge is 2.60. The van der Waals surface area contributed by atoms with E-state index in [9.17, 15) is 22.4 Å². The summed E-state index contributed by atoms with van der Waals surface area (Å²) in [4.78, 5) is 31.2. The molecule has 2 aromatic carbocycles. The number of sulfonamides is 1.